The van der Waals surface area contributed by atoms with Gasteiger partial charge >= 0.3 is 0 Å². The topological polar surface area (TPSA) is 70.4 Å². The fourth-order valence-electron chi connectivity index (χ4n) is 1.60. The number of aromatic nitrogens is 2. The fourth-order valence-corrected chi connectivity index (χ4v) is 2.32. The molecule has 0 fully saturated rings. The van der Waals surface area contributed by atoms with Crippen LogP contribution in [0.2, 0.25) is 0 Å². The zero-order valence-corrected chi connectivity index (χ0v) is 9.71. The molecule has 0 atom stereocenters. The van der Waals surface area contributed by atoms with Crippen LogP contribution in [0.4, 0.5) is 0 Å². The lowest BCUT2D eigenvalue weighted by Gasteiger charge is -1.98. The van der Waals surface area contributed by atoms with Crippen molar-refractivity contribution in [3.05, 3.63) is 44.0 Å². The number of hydrogen-bond acceptors (Lipinski definition) is 4. The highest BCUT2D eigenvalue weighted by Crippen LogP contribution is 2.15. The molecule has 2 rings (SSSR count). The number of aromatic amines is 1. The maximum atomic E-state index is 11.8. The summed E-state index contributed by atoms with van der Waals surface area (Å²) in [6, 6.07) is 3.66. The average Bonchev–Trinajstić information content (AvgIpc) is 2.84. The van der Waals surface area contributed by atoms with Gasteiger partial charge in [0.2, 0.25) is 0 Å². The molecule has 2 N–H and O–H groups in total. The summed E-state index contributed by atoms with van der Waals surface area (Å²) >= 11 is 1.42. The molecule has 0 amide bonds. The zero-order chi connectivity index (χ0) is 11.7. The predicted molar refractivity (Wildman–Crippen MR) is 62.5 cm³/mol. The molecule has 2 heterocycles. The van der Waals surface area contributed by atoms with Gasteiger partial charge < -0.3 is 5.21 Å². The second kappa shape index (κ2) is 3.97. The van der Waals surface area contributed by atoms with Crippen LogP contribution in [0.25, 0.3) is 0 Å². The lowest BCUT2D eigenvalue weighted by molar-refractivity contribution is 0.319. The molecule has 0 aliphatic heterocycles. The van der Waals surface area contributed by atoms with Gasteiger partial charge in [-0.2, -0.15) is 0 Å². The molecule has 16 heavy (non-hydrogen) atoms. The van der Waals surface area contributed by atoms with E-state index in [4.69, 9.17) is 5.21 Å². The Morgan fingerprint density at radius 2 is 2.38 bits per heavy atom. The first-order valence-electron chi connectivity index (χ1n) is 4.67. The van der Waals surface area contributed by atoms with E-state index < -0.39 is 0 Å². The molecule has 2 aromatic heterocycles. The van der Waals surface area contributed by atoms with Gasteiger partial charge in [-0.3, -0.25) is 14.6 Å². The zero-order valence-electron chi connectivity index (χ0n) is 8.89. The molecule has 5 nitrogen and oxygen atoms in total. The first-order chi connectivity index (χ1) is 7.65. The van der Waals surface area contributed by atoms with Gasteiger partial charge in [-0.1, -0.05) is 11.2 Å². The third-order valence-electron chi connectivity index (χ3n) is 2.32. The summed E-state index contributed by atoms with van der Waals surface area (Å²) in [5.41, 5.74) is 1.22. The largest absolute Gasteiger partial charge is 0.410 e. The van der Waals surface area contributed by atoms with Crippen LogP contribution in [0.1, 0.15) is 16.1 Å². The lowest BCUT2D eigenvalue weighted by Crippen LogP contribution is -2.19. The Morgan fingerprint density at radius 1 is 1.62 bits per heavy atom. The Hall–Kier alpha value is -1.82. The lowest BCUT2D eigenvalue weighted by atomic mass is 10.1. The van der Waals surface area contributed by atoms with Crippen LogP contribution in [0, 0.1) is 6.92 Å². The predicted octanol–water partition coefficient (Wildman–Crippen LogP) is 1.31. The number of nitrogens with one attached hydrogen (secondary N) is 1. The maximum Gasteiger partial charge on any atom is 0.276 e. The SMILES string of the molecule is Cc1[nH]n(C)c(=O)c1/C(=N/O)c1cccs1. The van der Waals surface area contributed by atoms with Gasteiger partial charge in [-0.25, -0.2) is 0 Å². The van der Waals surface area contributed by atoms with Gasteiger partial charge in [0.15, 0.2) is 0 Å². The fraction of sp³-hybridized carbons (Fsp3) is 0.200. The molecule has 2 aromatic rings. The van der Waals surface area contributed by atoms with Crippen molar-refractivity contribution in [2.24, 2.45) is 12.2 Å². The van der Waals surface area contributed by atoms with Crippen molar-refractivity contribution in [1.29, 1.82) is 0 Å². The van der Waals surface area contributed by atoms with E-state index in [2.05, 4.69) is 10.3 Å². The molecule has 0 spiro atoms. The summed E-state index contributed by atoms with van der Waals surface area (Å²) in [4.78, 5) is 12.6. The number of hydrogen-bond donors (Lipinski definition) is 2. The number of nitrogens with zero attached hydrogens (tertiary/aromatic N) is 2. The van der Waals surface area contributed by atoms with Crippen LogP contribution in [0.15, 0.2) is 27.5 Å². The maximum absolute atomic E-state index is 11.8. The van der Waals surface area contributed by atoms with E-state index in [-0.39, 0.29) is 5.56 Å². The highest BCUT2D eigenvalue weighted by molar-refractivity contribution is 7.12. The average molecular weight is 237 g/mol. The first-order valence-corrected chi connectivity index (χ1v) is 5.55. The Balaban J connectivity index is 2.64. The summed E-state index contributed by atoms with van der Waals surface area (Å²) < 4.78 is 1.36. The molecular weight excluding hydrogens is 226 g/mol. The second-order valence-electron chi connectivity index (χ2n) is 3.40. The molecule has 0 aromatic carbocycles. The summed E-state index contributed by atoms with van der Waals surface area (Å²) in [5.74, 6) is 0. The molecule has 0 saturated carbocycles. The normalized spacial score (nSPS) is 12.0. The van der Waals surface area contributed by atoms with Crippen LogP contribution in [0.5, 0.6) is 0 Å². The van der Waals surface area contributed by atoms with Gasteiger partial charge in [-0.05, 0) is 18.4 Å². The molecule has 0 saturated heterocycles. The smallest absolute Gasteiger partial charge is 0.276 e. The van der Waals surface area contributed by atoms with Gasteiger partial charge in [0.05, 0.1) is 10.4 Å². The molecule has 84 valence electrons. The Morgan fingerprint density at radius 3 is 2.81 bits per heavy atom. The standard InChI is InChI=1S/C10H11N3O2S/c1-6-8(10(14)13(2)11-6)9(12-15)7-4-3-5-16-7/h3-5,11,15H,1-2H3/b12-9+. The van der Waals surface area contributed by atoms with Crippen molar-refractivity contribution >= 4 is 17.0 Å². The minimum atomic E-state index is -0.196. The van der Waals surface area contributed by atoms with Crippen LogP contribution in [0.3, 0.4) is 0 Å². The Labute approximate surface area is 95.6 Å². The van der Waals surface area contributed by atoms with Gasteiger partial charge in [0, 0.05) is 12.7 Å². The minimum absolute atomic E-state index is 0.196. The van der Waals surface area contributed by atoms with Gasteiger partial charge in [0.1, 0.15) is 5.71 Å². The summed E-state index contributed by atoms with van der Waals surface area (Å²) in [7, 11) is 1.63. The van der Waals surface area contributed by atoms with E-state index in [1.165, 1.54) is 16.0 Å². The molecule has 6 heteroatoms. The monoisotopic (exact) mass is 237 g/mol. The number of H-pyrrole nitrogens is 1. The second-order valence-corrected chi connectivity index (χ2v) is 4.35. The van der Waals surface area contributed by atoms with Crippen LogP contribution >= 0.6 is 11.3 Å². The van der Waals surface area contributed by atoms with Crippen LogP contribution < -0.4 is 5.56 Å². The third-order valence-corrected chi connectivity index (χ3v) is 3.20. The van der Waals surface area contributed by atoms with Crippen molar-refractivity contribution in [1.82, 2.24) is 9.78 Å². The van der Waals surface area contributed by atoms with E-state index in [0.29, 0.717) is 17.0 Å². The quantitative estimate of drug-likeness (QED) is 0.469. The number of thiophene rings is 1. The Kier molecular flexibility index (Phi) is 2.66. The van der Waals surface area contributed by atoms with Crippen molar-refractivity contribution in [2.75, 3.05) is 0 Å². The van der Waals surface area contributed by atoms with Crippen molar-refractivity contribution in [3.8, 4) is 0 Å². The number of rotatable bonds is 2. The van der Waals surface area contributed by atoms with E-state index in [9.17, 15) is 4.79 Å². The number of aryl methyl sites for hydroxylation is 2. The van der Waals surface area contributed by atoms with Gasteiger partial charge in [0.25, 0.3) is 5.56 Å². The molecule has 0 aliphatic rings. The molecule has 0 bridgehead atoms. The van der Waals surface area contributed by atoms with Crippen LogP contribution in [-0.2, 0) is 7.05 Å². The van der Waals surface area contributed by atoms with E-state index in [0.717, 1.165) is 4.88 Å². The summed E-state index contributed by atoms with van der Waals surface area (Å²) in [6.45, 7) is 1.77. The highest BCUT2D eigenvalue weighted by atomic mass is 32.1. The van der Waals surface area contributed by atoms with Crippen LogP contribution in [-0.4, -0.2) is 20.7 Å². The van der Waals surface area contributed by atoms with Crippen molar-refractivity contribution < 1.29 is 5.21 Å². The third kappa shape index (κ3) is 1.57. The molecule has 0 radical (unpaired) electrons. The highest BCUT2D eigenvalue weighted by Gasteiger charge is 2.18. The molecule has 0 aliphatic carbocycles. The molecule has 0 unspecified atom stereocenters. The van der Waals surface area contributed by atoms with Crippen molar-refractivity contribution in [3.63, 3.8) is 0 Å². The number of oxime groups is 1. The Bertz CT molecular complexity index is 578. The van der Waals surface area contributed by atoms with Gasteiger partial charge in [-0.15, -0.1) is 11.3 Å². The first kappa shape index (κ1) is 10.7. The molecular formula is C10H11N3O2S. The van der Waals surface area contributed by atoms with Crippen molar-refractivity contribution in [2.45, 2.75) is 6.92 Å². The van der Waals surface area contributed by atoms with E-state index in [1.54, 1.807) is 14.0 Å². The summed E-state index contributed by atoms with van der Waals surface area (Å²) in [6.07, 6.45) is 0. The van der Waals surface area contributed by atoms with E-state index >= 15 is 0 Å². The minimum Gasteiger partial charge on any atom is -0.410 e. The summed E-state index contributed by atoms with van der Waals surface area (Å²) in [5, 5.41) is 17.0. The van der Waals surface area contributed by atoms with E-state index in [1.807, 2.05) is 17.5 Å².